The molecule has 3 atom stereocenters. The van der Waals surface area contributed by atoms with Crippen LogP contribution in [0.1, 0.15) is 62.7 Å². The molecule has 2 N–H and O–H groups in total. The first-order valence-electron chi connectivity index (χ1n) is 28.3. The van der Waals surface area contributed by atoms with Gasteiger partial charge in [0.05, 0.1) is 38.3 Å². The zero-order valence-electron chi connectivity index (χ0n) is 49.0. The molecule has 8 aromatic rings. The van der Waals surface area contributed by atoms with E-state index < -0.39 is 65.1 Å². The van der Waals surface area contributed by atoms with Gasteiger partial charge < -0.3 is 44.1 Å². The van der Waals surface area contributed by atoms with E-state index >= 15 is 4.79 Å². The average molecular weight is 1300 g/mol. The fourth-order valence-corrected chi connectivity index (χ4v) is 15.0. The normalized spacial score (nSPS) is 16.5. The molecule has 1 fully saturated rings. The second kappa shape index (κ2) is 28.3. The molecule has 0 aliphatic carbocycles. The summed E-state index contributed by atoms with van der Waals surface area (Å²) in [6.45, 7) is 3.35. The summed E-state index contributed by atoms with van der Waals surface area (Å²) in [5, 5.41) is 21.3. The molecule has 1 unspecified atom stereocenters. The zero-order chi connectivity index (χ0) is 63.6. The minimum absolute atomic E-state index is 0.0431. The lowest BCUT2D eigenvalue weighted by Gasteiger charge is -2.49. The fourth-order valence-electron chi connectivity index (χ4n) is 10.3. The number of thioether (sulfide) groups is 2. The van der Waals surface area contributed by atoms with Crippen LogP contribution in [0.5, 0.6) is 5.75 Å². The number of nitrogens with one attached hydrogen (secondary N) is 2. The molecule has 0 saturated carbocycles. The Hall–Kier alpha value is -8.81. The summed E-state index contributed by atoms with van der Waals surface area (Å²) in [6.07, 6.45) is -6.38. The lowest BCUT2D eigenvalue weighted by atomic mass is 9.77. The van der Waals surface area contributed by atoms with Crippen LogP contribution in [0.4, 0.5) is 18.3 Å². The van der Waals surface area contributed by atoms with E-state index in [1.807, 2.05) is 127 Å². The molecule has 0 radical (unpaired) electrons. The van der Waals surface area contributed by atoms with E-state index in [0.717, 1.165) is 73.0 Å². The van der Waals surface area contributed by atoms with Crippen molar-refractivity contribution >= 4 is 86.8 Å². The first-order valence-corrected chi connectivity index (χ1v) is 32.0. The number of fused-ring (bicyclic) bond motifs is 2. The Labute approximate surface area is 533 Å². The molecule has 24 heteroatoms. The molecule has 0 spiro atoms. The number of halogens is 3. The summed E-state index contributed by atoms with van der Waals surface area (Å²) < 4.78 is 50.8. The van der Waals surface area contributed by atoms with Gasteiger partial charge in [-0.2, -0.15) is 13.2 Å². The number of likely N-dealkylation sites (N-methyl/N-ethyl adjacent to an activating group) is 1. The monoisotopic (exact) mass is 1300 g/mol. The van der Waals surface area contributed by atoms with Crippen molar-refractivity contribution in [1.82, 2.24) is 20.2 Å². The number of esters is 2. The van der Waals surface area contributed by atoms with Gasteiger partial charge in [-0.05, 0) is 58.0 Å². The number of hydrogen-bond donors (Lipinski definition) is 2. The third-order valence-electron chi connectivity index (χ3n) is 14.9. The van der Waals surface area contributed by atoms with E-state index in [2.05, 4.69) is 66.3 Å². The standard InChI is InChI=1S/C64H59N7O8S4.C2HF3O2/c1-41(60(74)78-56(43-20-10-5-11-21-43)44-22-12-6-13-23-44)79-69-53(51-40-81-62(65-51)68-64(46-24-14-7-15-25-46,47-26-16-8-17-27-47)48-28-18-9-19-29-48)57(72)67-54-58(73)70-55(61(75)77-37-42-30-32-49(76-4)33-31-42)45(38-80-59(54)70)39-82-63-66-50-34-35-71(2,3)36-52(50)83-63;3-2(4,5)1(6)7/h5-33,40-41,54,56,59H,34-39H2,1-4H3,(H-,65,67,68,72);(H,6,7)/b69-53-;/t41-,54?,59-;/m0./s1. The van der Waals surface area contributed by atoms with Gasteiger partial charge in [0.1, 0.15) is 53.2 Å². The topological polar surface area (TPSA) is 211 Å². The van der Waals surface area contributed by atoms with E-state index in [1.165, 1.54) is 51.6 Å². The van der Waals surface area contributed by atoms with Crippen LogP contribution in [0.15, 0.2) is 202 Å². The van der Waals surface area contributed by atoms with Crippen molar-refractivity contribution in [2.45, 2.75) is 66.2 Å². The SMILES string of the molecule is COc1ccc(COC(=O)C2=C(CSc3nc4c(s3)C[N+](C)(C)CC4)CS[C@H]3C(NC(=O)/C(=N\O[C@@H](C)C(=O)OC(c4ccccc4)c4ccccc4)c4csc(NC(c5ccccc5)(c5ccccc5)c5ccccc5)n4)C(=O)N23)cc1.O=C([O-])C(F)(F)F. The van der Waals surface area contributed by atoms with Gasteiger partial charge in [0, 0.05) is 23.3 Å². The number of carbonyl (C=O) groups excluding carboxylic acids is 5. The fraction of sp³-hybridized carbons (Fsp3) is 0.242. The van der Waals surface area contributed by atoms with Crippen molar-refractivity contribution < 1.29 is 65.8 Å². The predicted molar refractivity (Wildman–Crippen MR) is 336 cm³/mol. The molecule has 2 aromatic heterocycles. The largest absolute Gasteiger partial charge is 0.542 e. The van der Waals surface area contributed by atoms with Gasteiger partial charge in [0.15, 0.2) is 21.3 Å². The van der Waals surface area contributed by atoms with Crippen LogP contribution in [0.2, 0.25) is 0 Å². The number of nitrogens with zero attached hydrogens (tertiary/aromatic N) is 5. The molecule has 90 heavy (non-hydrogen) atoms. The number of alkyl halides is 3. The maximum atomic E-state index is 15.0. The van der Waals surface area contributed by atoms with Crippen molar-refractivity contribution in [3.05, 3.63) is 242 Å². The summed E-state index contributed by atoms with van der Waals surface area (Å²) >= 11 is 5.90. The second-order valence-electron chi connectivity index (χ2n) is 21.6. The van der Waals surface area contributed by atoms with Crippen molar-refractivity contribution in [3.8, 4) is 5.75 Å². The van der Waals surface area contributed by atoms with Crippen LogP contribution < -0.4 is 20.5 Å². The molecular weight excluding hydrogens is 1240 g/mol. The highest BCUT2D eigenvalue weighted by molar-refractivity contribution is 8.01. The number of rotatable bonds is 21. The van der Waals surface area contributed by atoms with Gasteiger partial charge in [0.2, 0.25) is 6.10 Å². The molecule has 464 valence electrons. The molecule has 0 bridgehead atoms. The van der Waals surface area contributed by atoms with E-state index in [4.69, 9.17) is 38.9 Å². The summed E-state index contributed by atoms with van der Waals surface area (Å²) in [7, 11) is 6.02. The van der Waals surface area contributed by atoms with Gasteiger partial charge in [-0.15, -0.1) is 34.4 Å². The summed E-state index contributed by atoms with van der Waals surface area (Å²) in [4.78, 5) is 85.6. The number of amides is 2. The average Bonchev–Trinajstić information content (AvgIpc) is 0.823. The zero-order valence-corrected chi connectivity index (χ0v) is 52.2. The Morgan fingerprint density at radius 1 is 0.811 bits per heavy atom. The molecule has 6 aromatic carbocycles. The van der Waals surface area contributed by atoms with Crippen LogP contribution in [0.25, 0.3) is 0 Å². The first kappa shape index (κ1) is 64.2. The highest BCUT2D eigenvalue weighted by atomic mass is 32.2. The van der Waals surface area contributed by atoms with Gasteiger partial charge in [-0.25, -0.2) is 19.6 Å². The Morgan fingerprint density at radius 2 is 1.37 bits per heavy atom. The number of aromatic nitrogens is 2. The number of ether oxygens (including phenoxy) is 3. The van der Waals surface area contributed by atoms with Gasteiger partial charge >= 0.3 is 18.1 Å². The van der Waals surface area contributed by atoms with Crippen LogP contribution in [-0.2, 0) is 63.4 Å². The number of thiazole rings is 2. The maximum absolute atomic E-state index is 15.0. The number of anilines is 1. The van der Waals surface area contributed by atoms with Gasteiger partial charge in [0.25, 0.3) is 11.8 Å². The Kier molecular flexibility index (Phi) is 20.2. The molecule has 2 amide bonds. The molecule has 11 rings (SSSR count). The number of β-lactam (4-membered cyclic amide) rings is 1. The number of benzene rings is 6. The smallest absolute Gasteiger partial charge is 0.430 e. The van der Waals surface area contributed by atoms with Gasteiger partial charge in [-0.3, -0.25) is 14.5 Å². The molecule has 17 nitrogen and oxygen atoms in total. The lowest BCUT2D eigenvalue weighted by molar-refractivity contribution is -0.905. The van der Waals surface area contributed by atoms with E-state index in [-0.39, 0.29) is 23.7 Å². The van der Waals surface area contributed by atoms with E-state index in [9.17, 15) is 27.6 Å². The van der Waals surface area contributed by atoms with Crippen LogP contribution >= 0.6 is 46.2 Å². The second-order valence-corrected chi connectivity index (χ2v) is 25.8. The summed E-state index contributed by atoms with van der Waals surface area (Å²) in [6, 6.07) is 54.9. The van der Waals surface area contributed by atoms with E-state index in [1.54, 1.807) is 36.0 Å². The highest BCUT2D eigenvalue weighted by Gasteiger charge is 2.55. The summed E-state index contributed by atoms with van der Waals surface area (Å²) in [5.41, 5.74) is 5.87. The molecule has 3 aliphatic heterocycles. The number of carboxylic acid groups (broad SMARTS) is 1. The van der Waals surface area contributed by atoms with Crippen LogP contribution in [0, 0.1) is 0 Å². The molecular formula is C66H60F3N7O10S4. The first-order chi connectivity index (χ1) is 43.3. The Morgan fingerprint density at radius 3 is 1.91 bits per heavy atom. The lowest BCUT2D eigenvalue weighted by Crippen LogP contribution is -2.71. The predicted octanol–water partition coefficient (Wildman–Crippen LogP) is 10.1. The van der Waals surface area contributed by atoms with Gasteiger partial charge in [-0.1, -0.05) is 181 Å². The van der Waals surface area contributed by atoms with Crippen molar-refractivity contribution in [1.29, 1.82) is 0 Å². The maximum Gasteiger partial charge on any atom is 0.430 e. The molecule has 5 heterocycles. The van der Waals surface area contributed by atoms with E-state index in [0.29, 0.717) is 22.4 Å². The molecule has 3 aliphatic rings. The number of hydrogen-bond acceptors (Lipinski definition) is 18. The Bertz CT molecular complexity index is 3760. The minimum atomic E-state index is -5.19. The third kappa shape index (κ3) is 14.9. The number of quaternary nitrogens is 1. The summed E-state index contributed by atoms with van der Waals surface area (Å²) in [5.74, 6) is -4.28. The quantitative estimate of drug-likeness (QED) is 0.0130. The minimum Gasteiger partial charge on any atom is -0.542 e. The third-order valence-corrected chi connectivity index (χ3v) is 19.3. The van der Waals surface area contributed by atoms with Crippen LogP contribution in [0.3, 0.4) is 0 Å². The van der Waals surface area contributed by atoms with Crippen molar-refractivity contribution in [2.24, 2.45) is 5.16 Å². The number of oxime groups is 1. The number of carboxylic acids is 1. The Balaban J connectivity index is 0.00000120. The number of methoxy groups -OCH3 is 1. The number of aliphatic carboxylic acids is 1. The number of carbonyl (C=O) groups is 5. The molecule has 1 saturated heterocycles. The van der Waals surface area contributed by atoms with Crippen molar-refractivity contribution in [3.63, 3.8) is 0 Å². The highest BCUT2D eigenvalue weighted by Crippen LogP contribution is 2.44. The van der Waals surface area contributed by atoms with Crippen molar-refractivity contribution in [2.75, 3.05) is 44.6 Å². The van der Waals surface area contributed by atoms with Crippen LogP contribution in [-0.4, -0.2) is 118 Å².